The third-order valence-electron chi connectivity index (χ3n) is 4.54. The Morgan fingerprint density at radius 1 is 1.28 bits per heavy atom. The lowest BCUT2D eigenvalue weighted by Crippen LogP contribution is -2.30. The standard InChI is InChI=1S/C21H22FNO6/c1-5-23(27-4)19(24)14-7-6-13(10-16(14)22)28-17-8-12(20(25)26)9-18-15(17)11-21(2,3)29-18/h6-10H,5,11H2,1-4H3,(H,25,26). The average molecular weight is 403 g/mol. The van der Waals surface area contributed by atoms with E-state index in [9.17, 15) is 19.1 Å². The molecule has 0 bridgehead atoms. The monoisotopic (exact) mass is 403 g/mol. The number of hydroxylamine groups is 2. The summed E-state index contributed by atoms with van der Waals surface area (Å²) in [6.45, 7) is 5.73. The summed E-state index contributed by atoms with van der Waals surface area (Å²) in [5.74, 6) is -1.67. The van der Waals surface area contributed by atoms with Crippen LogP contribution in [0.4, 0.5) is 4.39 Å². The highest BCUT2D eigenvalue weighted by atomic mass is 19.1. The first-order valence-corrected chi connectivity index (χ1v) is 9.07. The Bertz CT molecular complexity index is 968. The van der Waals surface area contributed by atoms with Crippen LogP contribution in [0, 0.1) is 5.82 Å². The van der Waals surface area contributed by atoms with Gasteiger partial charge in [-0.05, 0) is 45.0 Å². The average Bonchev–Trinajstić information content (AvgIpc) is 2.97. The maximum Gasteiger partial charge on any atom is 0.335 e. The molecule has 0 atom stereocenters. The molecule has 7 nitrogen and oxygen atoms in total. The van der Waals surface area contributed by atoms with Gasteiger partial charge in [0.2, 0.25) is 0 Å². The largest absolute Gasteiger partial charge is 0.487 e. The topological polar surface area (TPSA) is 85.3 Å². The Morgan fingerprint density at radius 2 is 2.00 bits per heavy atom. The minimum atomic E-state index is -1.13. The molecule has 154 valence electrons. The Hall–Kier alpha value is -3.13. The summed E-state index contributed by atoms with van der Waals surface area (Å²) in [6.07, 6.45) is 0.510. The van der Waals surface area contributed by atoms with Crippen molar-refractivity contribution < 1.29 is 33.4 Å². The van der Waals surface area contributed by atoms with Gasteiger partial charge in [-0.1, -0.05) is 0 Å². The van der Waals surface area contributed by atoms with Crippen molar-refractivity contribution in [2.45, 2.75) is 32.8 Å². The van der Waals surface area contributed by atoms with E-state index in [1.165, 1.54) is 31.4 Å². The van der Waals surface area contributed by atoms with E-state index < -0.39 is 23.3 Å². The van der Waals surface area contributed by atoms with Gasteiger partial charge >= 0.3 is 5.97 Å². The summed E-state index contributed by atoms with van der Waals surface area (Å²) >= 11 is 0. The van der Waals surface area contributed by atoms with E-state index in [1.807, 2.05) is 13.8 Å². The minimum Gasteiger partial charge on any atom is -0.487 e. The van der Waals surface area contributed by atoms with Crippen LogP contribution in [0.3, 0.4) is 0 Å². The lowest BCUT2D eigenvalue weighted by molar-refractivity contribution is -0.0917. The summed E-state index contributed by atoms with van der Waals surface area (Å²) in [5, 5.41) is 10.4. The molecule has 0 aromatic heterocycles. The van der Waals surface area contributed by atoms with Crippen LogP contribution < -0.4 is 9.47 Å². The number of hydrogen-bond acceptors (Lipinski definition) is 5. The molecular weight excluding hydrogens is 381 g/mol. The van der Waals surface area contributed by atoms with Crippen molar-refractivity contribution in [3.05, 3.63) is 52.8 Å². The van der Waals surface area contributed by atoms with Crippen molar-refractivity contribution >= 4 is 11.9 Å². The van der Waals surface area contributed by atoms with Gasteiger partial charge in [-0.3, -0.25) is 9.63 Å². The van der Waals surface area contributed by atoms with E-state index in [0.717, 1.165) is 11.1 Å². The van der Waals surface area contributed by atoms with Gasteiger partial charge in [0.1, 0.15) is 28.7 Å². The molecule has 1 amide bonds. The van der Waals surface area contributed by atoms with Gasteiger partial charge in [0, 0.05) is 24.6 Å². The number of carbonyl (C=O) groups is 2. The first-order chi connectivity index (χ1) is 13.6. The second-order valence-corrected chi connectivity index (χ2v) is 7.22. The predicted octanol–water partition coefficient (Wildman–Crippen LogP) is 4.05. The number of halogens is 1. The molecule has 1 aliphatic rings. The summed E-state index contributed by atoms with van der Waals surface area (Å²) in [4.78, 5) is 28.6. The molecule has 2 aromatic carbocycles. The number of fused-ring (bicyclic) bond motifs is 1. The van der Waals surface area contributed by atoms with Crippen molar-refractivity contribution in [1.29, 1.82) is 0 Å². The molecule has 3 rings (SSSR count). The van der Waals surface area contributed by atoms with Gasteiger partial charge in [-0.2, -0.15) is 0 Å². The molecule has 1 N–H and O–H groups in total. The van der Waals surface area contributed by atoms with Gasteiger partial charge in [0.05, 0.1) is 18.2 Å². The molecule has 0 saturated carbocycles. The maximum atomic E-state index is 14.5. The molecule has 0 spiro atoms. The summed E-state index contributed by atoms with van der Waals surface area (Å²) in [5.41, 5.74) is 0.0394. The Kier molecular flexibility index (Phi) is 5.48. The fourth-order valence-corrected chi connectivity index (χ4v) is 3.21. The second kappa shape index (κ2) is 7.71. The molecule has 0 unspecified atom stereocenters. The van der Waals surface area contributed by atoms with Gasteiger partial charge < -0.3 is 14.6 Å². The number of benzene rings is 2. The van der Waals surface area contributed by atoms with E-state index in [4.69, 9.17) is 14.3 Å². The van der Waals surface area contributed by atoms with Crippen LogP contribution >= 0.6 is 0 Å². The Labute approximate surface area is 167 Å². The number of carboxylic acid groups (broad SMARTS) is 1. The van der Waals surface area contributed by atoms with Gasteiger partial charge in [-0.25, -0.2) is 14.2 Å². The van der Waals surface area contributed by atoms with Crippen LogP contribution in [0.5, 0.6) is 17.2 Å². The highest BCUT2D eigenvalue weighted by Crippen LogP contribution is 2.43. The second-order valence-electron chi connectivity index (χ2n) is 7.22. The van der Waals surface area contributed by atoms with Crippen molar-refractivity contribution in [3.63, 3.8) is 0 Å². The van der Waals surface area contributed by atoms with Crippen LogP contribution in [0.15, 0.2) is 30.3 Å². The SMILES string of the molecule is CCN(OC)C(=O)c1ccc(Oc2cc(C(=O)O)cc3c2CC(C)(C)O3)cc1F. The first kappa shape index (κ1) is 20.6. The summed E-state index contributed by atoms with van der Waals surface area (Å²) in [7, 11) is 1.33. The number of nitrogens with zero attached hydrogens (tertiary/aromatic N) is 1. The number of carbonyl (C=O) groups excluding carboxylic acids is 1. The minimum absolute atomic E-state index is 0.00222. The van der Waals surface area contributed by atoms with Crippen molar-refractivity contribution in [3.8, 4) is 17.2 Å². The molecule has 0 fully saturated rings. The van der Waals surface area contributed by atoms with Gasteiger partial charge in [-0.15, -0.1) is 0 Å². The smallest absolute Gasteiger partial charge is 0.335 e. The van der Waals surface area contributed by atoms with E-state index >= 15 is 0 Å². The van der Waals surface area contributed by atoms with E-state index in [-0.39, 0.29) is 29.2 Å². The highest BCUT2D eigenvalue weighted by molar-refractivity contribution is 5.94. The van der Waals surface area contributed by atoms with Crippen molar-refractivity contribution in [2.24, 2.45) is 0 Å². The van der Waals surface area contributed by atoms with Crippen LogP contribution in [-0.2, 0) is 11.3 Å². The zero-order valence-corrected chi connectivity index (χ0v) is 16.6. The lowest BCUT2D eigenvalue weighted by atomic mass is 10.00. The fourth-order valence-electron chi connectivity index (χ4n) is 3.21. The predicted molar refractivity (Wildman–Crippen MR) is 102 cm³/mol. The molecule has 2 aromatic rings. The zero-order valence-electron chi connectivity index (χ0n) is 16.6. The van der Waals surface area contributed by atoms with Crippen LogP contribution in [0.1, 0.15) is 47.1 Å². The third kappa shape index (κ3) is 4.17. The number of aromatic carboxylic acids is 1. The fraction of sp³-hybridized carbons (Fsp3) is 0.333. The molecule has 29 heavy (non-hydrogen) atoms. The first-order valence-electron chi connectivity index (χ1n) is 9.07. The molecular formula is C21H22FNO6. The molecule has 0 saturated heterocycles. The number of carboxylic acids is 1. The van der Waals surface area contributed by atoms with Crippen molar-refractivity contribution in [1.82, 2.24) is 5.06 Å². The highest BCUT2D eigenvalue weighted by Gasteiger charge is 2.34. The van der Waals surface area contributed by atoms with Gasteiger partial charge in [0.25, 0.3) is 5.91 Å². The van der Waals surface area contributed by atoms with E-state index in [0.29, 0.717) is 17.7 Å². The summed E-state index contributed by atoms with van der Waals surface area (Å²) in [6, 6.07) is 6.66. The van der Waals surface area contributed by atoms with Crippen LogP contribution in [-0.4, -0.2) is 41.3 Å². The quantitative estimate of drug-likeness (QED) is 0.733. The Morgan fingerprint density at radius 3 is 2.59 bits per heavy atom. The zero-order chi connectivity index (χ0) is 21.3. The van der Waals surface area contributed by atoms with E-state index in [2.05, 4.69) is 0 Å². The lowest BCUT2D eigenvalue weighted by Gasteiger charge is -2.18. The molecule has 1 aliphatic heterocycles. The molecule has 0 radical (unpaired) electrons. The summed E-state index contributed by atoms with van der Waals surface area (Å²) < 4.78 is 26.1. The maximum absolute atomic E-state index is 14.5. The molecule has 1 heterocycles. The van der Waals surface area contributed by atoms with Crippen molar-refractivity contribution in [2.75, 3.05) is 13.7 Å². The number of rotatable bonds is 6. The normalized spacial score (nSPS) is 14.1. The van der Waals surface area contributed by atoms with Crippen LogP contribution in [0.25, 0.3) is 0 Å². The number of hydrogen-bond donors (Lipinski definition) is 1. The number of amides is 1. The number of ether oxygens (including phenoxy) is 2. The van der Waals surface area contributed by atoms with Gasteiger partial charge in [0.15, 0.2) is 0 Å². The molecule has 0 aliphatic carbocycles. The Balaban J connectivity index is 1.94. The molecule has 8 heteroatoms. The van der Waals surface area contributed by atoms with Crippen LogP contribution in [0.2, 0.25) is 0 Å². The third-order valence-corrected chi connectivity index (χ3v) is 4.54. The van der Waals surface area contributed by atoms with E-state index in [1.54, 1.807) is 6.92 Å².